The zero-order valence-corrected chi connectivity index (χ0v) is 12.9. The molecule has 4 nitrogen and oxygen atoms in total. The molecule has 0 radical (unpaired) electrons. The SMILES string of the molecule is CCCOPOCCC.CCOPOCC. The molecule has 0 aliphatic rings. The third kappa shape index (κ3) is 24.1. The highest BCUT2D eigenvalue weighted by Crippen LogP contribution is 2.13. The van der Waals surface area contributed by atoms with Crippen LogP contribution in [0.15, 0.2) is 0 Å². The summed E-state index contributed by atoms with van der Waals surface area (Å²) in [6, 6.07) is 0. The van der Waals surface area contributed by atoms with Crippen molar-refractivity contribution in [2.45, 2.75) is 40.5 Å². The van der Waals surface area contributed by atoms with Crippen LogP contribution in [0.4, 0.5) is 0 Å². The number of hydrogen-bond donors (Lipinski definition) is 0. The lowest BCUT2D eigenvalue weighted by molar-refractivity contribution is 0.267. The molecular formula is C10H26O4P2. The lowest BCUT2D eigenvalue weighted by atomic mass is 10.5. The lowest BCUT2D eigenvalue weighted by Crippen LogP contribution is -1.84. The second kappa shape index (κ2) is 21.0. The first kappa shape index (κ1) is 19.0. The highest BCUT2D eigenvalue weighted by molar-refractivity contribution is 7.26. The number of hydrogen-bond acceptors (Lipinski definition) is 4. The summed E-state index contributed by atoms with van der Waals surface area (Å²) in [7, 11) is 0.478. The predicted octanol–water partition coefficient (Wildman–Crippen LogP) is 3.92. The van der Waals surface area contributed by atoms with E-state index in [1.807, 2.05) is 13.8 Å². The Bertz CT molecular complexity index is 96.8. The van der Waals surface area contributed by atoms with Gasteiger partial charge in [0, 0.05) is 0 Å². The van der Waals surface area contributed by atoms with Crippen molar-refractivity contribution in [2.24, 2.45) is 0 Å². The van der Waals surface area contributed by atoms with E-state index in [-0.39, 0.29) is 18.1 Å². The Morgan fingerprint density at radius 2 is 1.00 bits per heavy atom. The fraction of sp³-hybridized carbons (Fsp3) is 1.00. The van der Waals surface area contributed by atoms with Crippen LogP contribution in [0.5, 0.6) is 0 Å². The van der Waals surface area contributed by atoms with Crippen LogP contribution in [0.3, 0.4) is 0 Å². The standard InChI is InChI=1S/C6H15O2P.C4H11O2P/c1-3-5-7-9-8-6-4-2;1-3-5-7-6-4-2/h9H,3-6H2,1-2H3;7H,3-4H2,1-2H3. The van der Waals surface area contributed by atoms with Crippen molar-refractivity contribution in [3.63, 3.8) is 0 Å². The maximum Gasteiger partial charge on any atom is 0.155 e. The van der Waals surface area contributed by atoms with Crippen LogP contribution in [0.2, 0.25) is 0 Å². The minimum absolute atomic E-state index is 0.232. The molecule has 0 rings (SSSR count). The van der Waals surface area contributed by atoms with Crippen molar-refractivity contribution >= 4 is 18.1 Å². The molecule has 0 spiro atoms. The average molecular weight is 272 g/mol. The van der Waals surface area contributed by atoms with Gasteiger partial charge in [-0.1, -0.05) is 13.8 Å². The van der Waals surface area contributed by atoms with Gasteiger partial charge >= 0.3 is 0 Å². The third-order valence-electron chi connectivity index (χ3n) is 1.14. The molecule has 100 valence electrons. The molecule has 0 fully saturated rings. The van der Waals surface area contributed by atoms with Crippen molar-refractivity contribution in [1.29, 1.82) is 0 Å². The van der Waals surface area contributed by atoms with Gasteiger partial charge in [-0.2, -0.15) is 0 Å². The first-order chi connectivity index (χ1) is 7.83. The van der Waals surface area contributed by atoms with Gasteiger partial charge in [0.25, 0.3) is 0 Å². The van der Waals surface area contributed by atoms with Gasteiger partial charge in [0.2, 0.25) is 0 Å². The van der Waals surface area contributed by atoms with Gasteiger partial charge in [0.15, 0.2) is 18.1 Å². The van der Waals surface area contributed by atoms with Crippen molar-refractivity contribution in [3.8, 4) is 0 Å². The Labute approximate surface area is 104 Å². The van der Waals surface area contributed by atoms with Gasteiger partial charge in [0.1, 0.15) is 0 Å². The smallest absolute Gasteiger partial charge is 0.155 e. The van der Waals surface area contributed by atoms with E-state index >= 15 is 0 Å². The van der Waals surface area contributed by atoms with E-state index in [4.69, 9.17) is 18.1 Å². The molecule has 6 heteroatoms. The van der Waals surface area contributed by atoms with Crippen LogP contribution in [-0.2, 0) is 18.1 Å². The van der Waals surface area contributed by atoms with E-state index in [1.165, 1.54) is 0 Å². The third-order valence-corrected chi connectivity index (χ3v) is 2.59. The fourth-order valence-electron chi connectivity index (χ4n) is 0.489. The van der Waals surface area contributed by atoms with Gasteiger partial charge in [-0.05, 0) is 26.7 Å². The largest absolute Gasteiger partial charge is 0.337 e. The summed E-state index contributed by atoms with van der Waals surface area (Å²) in [5, 5.41) is 0. The molecule has 0 aromatic carbocycles. The van der Waals surface area contributed by atoms with Crippen molar-refractivity contribution in [1.82, 2.24) is 0 Å². The van der Waals surface area contributed by atoms with E-state index in [0.717, 1.165) is 39.3 Å². The highest BCUT2D eigenvalue weighted by Gasteiger charge is 1.84. The molecule has 0 atom stereocenters. The molecule has 0 amide bonds. The van der Waals surface area contributed by atoms with E-state index in [0.29, 0.717) is 0 Å². The zero-order chi connectivity index (χ0) is 12.5. The molecule has 0 aromatic rings. The Morgan fingerprint density at radius 1 is 0.625 bits per heavy atom. The molecule has 0 aliphatic carbocycles. The lowest BCUT2D eigenvalue weighted by Gasteiger charge is -2.00. The van der Waals surface area contributed by atoms with Crippen LogP contribution < -0.4 is 0 Å². The van der Waals surface area contributed by atoms with Crippen LogP contribution in [-0.4, -0.2) is 26.4 Å². The van der Waals surface area contributed by atoms with Crippen LogP contribution in [0.25, 0.3) is 0 Å². The van der Waals surface area contributed by atoms with Gasteiger partial charge in [-0.3, -0.25) is 0 Å². The summed E-state index contributed by atoms with van der Waals surface area (Å²) < 4.78 is 19.9. The van der Waals surface area contributed by atoms with Gasteiger partial charge in [-0.15, -0.1) is 0 Å². The zero-order valence-electron chi connectivity index (χ0n) is 10.9. The molecule has 0 heterocycles. The molecule has 0 saturated carbocycles. The summed E-state index contributed by atoms with van der Waals surface area (Å²) in [6.45, 7) is 11.2. The molecule has 0 saturated heterocycles. The second-order valence-electron chi connectivity index (χ2n) is 2.73. The van der Waals surface area contributed by atoms with Crippen molar-refractivity contribution in [3.05, 3.63) is 0 Å². The Morgan fingerprint density at radius 3 is 1.31 bits per heavy atom. The maximum atomic E-state index is 5.09. The molecular weight excluding hydrogens is 246 g/mol. The minimum Gasteiger partial charge on any atom is -0.337 e. The van der Waals surface area contributed by atoms with Crippen LogP contribution in [0.1, 0.15) is 40.5 Å². The Hall–Kier alpha value is 0.700. The molecule has 16 heavy (non-hydrogen) atoms. The summed E-state index contributed by atoms with van der Waals surface area (Å²) >= 11 is 0. The Kier molecular flexibility index (Phi) is 25.0. The van der Waals surface area contributed by atoms with E-state index < -0.39 is 0 Å². The van der Waals surface area contributed by atoms with Gasteiger partial charge < -0.3 is 18.1 Å². The Balaban J connectivity index is 0. The van der Waals surface area contributed by atoms with Gasteiger partial charge in [0.05, 0.1) is 26.4 Å². The summed E-state index contributed by atoms with van der Waals surface area (Å²) in [5.41, 5.74) is 0. The van der Waals surface area contributed by atoms with Crippen molar-refractivity contribution in [2.75, 3.05) is 26.4 Å². The summed E-state index contributed by atoms with van der Waals surface area (Å²) in [5.74, 6) is 0. The van der Waals surface area contributed by atoms with E-state index in [2.05, 4.69) is 13.8 Å². The minimum atomic E-state index is 0.232. The molecule has 0 bridgehead atoms. The van der Waals surface area contributed by atoms with Crippen LogP contribution in [0, 0.1) is 0 Å². The molecule has 0 aromatic heterocycles. The molecule has 0 unspecified atom stereocenters. The first-order valence-electron chi connectivity index (χ1n) is 5.80. The quantitative estimate of drug-likeness (QED) is 0.446. The van der Waals surface area contributed by atoms with Crippen LogP contribution >= 0.6 is 18.1 Å². The van der Waals surface area contributed by atoms with E-state index in [9.17, 15) is 0 Å². The van der Waals surface area contributed by atoms with Crippen molar-refractivity contribution < 1.29 is 18.1 Å². The fourth-order valence-corrected chi connectivity index (χ4v) is 1.47. The first-order valence-corrected chi connectivity index (χ1v) is 7.43. The average Bonchev–Trinajstić information content (AvgIpc) is 2.31. The summed E-state index contributed by atoms with van der Waals surface area (Å²) in [6.07, 6.45) is 2.14. The second-order valence-corrected chi connectivity index (χ2v) is 4.22. The predicted molar refractivity (Wildman–Crippen MR) is 72.4 cm³/mol. The van der Waals surface area contributed by atoms with E-state index in [1.54, 1.807) is 0 Å². The van der Waals surface area contributed by atoms with Gasteiger partial charge in [-0.25, -0.2) is 0 Å². The highest BCUT2D eigenvalue weighted by atomic mass is 31.1. The summed E-state index contributed by atoms with van der Waals surface area (Å²) in [4.78, 5) is 0. The monoisotopic (exact) mass is 272 g/mol. The maximum absolute atomic E-state index is 5.09. The normalized spacial score (nSPS) is 9.75. The topological polar surface area (TPSA) is 36.9 Å². The molecule has 0 N–H and O–H groups in total. The number of rotatable bonds is 10. The molecule has 0 aliphatic heterocycles.